The molecule has 0 aromatic carbocycles. The van der Waals surface area contributed by atoms with E-state index in [4.69, 9.17) is 0 Å². The molecule has 7 heteroatoms. The molecule has 6 nitrogen and oxygen atoms in total. The lowest BCUT2D eigenvalue weighted by atomic mass is 9.99. The minimum Gasteiger partial charge on any atom is -0.368 e. The first kappa shape index (κ1) is 19.6. The Morgan fingerprint density at radius 3 is 2.59 bits per heavy atom. The minimum absolute atomic E-state index is 0.255. The summed E-state index contributed by atoms with van der Waals surface area (Å²) in [5.74, 6) is -0.255. The monoisotopic (exact) mass is 430 g/mol. The molecule has 6 heterocycles. The molecule has 6 rings (SSSR count). The summed E-state index contributed by atoms with van der Waals surface area (Å²) in [4.78, 5) is 21.4. The summed E-state index contributed by atoms with van der Waals surface area (Å²) in [5.41, 5.74) is 4.01. The highest BCUT2D eigenvalue weighted by Crippen LogP contribution is 2.37. The predicted octanol–water partition coefficient (Wildman–Crippen LogP) is 4.77. The van der Waals surface area contributed by atoms with Gasteiger partial charge in [0.1, 0.15) is 5.65 Å². The fourth-order valence-electron chi connectivity index (χ4n) is 5.44. The number of nitrogens with one attached hydrogen (secondary N) is 1. The number of anilines is 1. The van der Waals surface area contributed by atoms with Gasteiger partial charge in [0, 0.05) is 42.5 Å². The van der Waals surface area contributed by atoms with Crippen molar-refractivity contribution in [2.45, 2.75) is 38.1 Å². The maximum atomic E-state index is 15.2. The summed E-state index contributed by atoms with van der Waals surface area (Å²) in [5, 5.41) is 1.80. The van der Waals surface area contributed by atoms with E-state index in [0.717, 1.165) is 53.5 Å². The Bertz CT molecular complexity index is 1240. The Morgan fingerprint density at radius 1 is 0.969 bits per heavy atom. The van der Waals surface area contributed by atoms with Crippen molar-refractivity contribution >= 4 is 27.6 Å². The van der Waals surface area contributed by atoms with Crippen molar-refractivity contribution < 1.29 is 4.39 Å². The first-order valence-electron chi connectivity index (χ1n) is 11.6. The molecule has 0 atom stereocenters. The number of H-pyrrole nitrogens is 1. The van der Waals surface area contributed by atoms with Gasteiger partial charge in [-0.2, -0.15) is 0 Å². The van der Waals surface area contributed by atoms with Crippen molar-refractivity contribution in [2.75, 3.05) is 31.1 Å². The average Bonchev–Trinajstić information content (AvgIpc) is 3.23. The summed E-state index contributed by atoms with van der Waals surface area (Å²) in [6.45, 7) is 4.16. The molecule has 32 heavy (non-hydrogen) atoms. The smallest absolute Gasteiger partial charge is 0.165 e. The molecule has 0 radical (unpaired) electrons. The molecule has 2 aliphatic rings. The molecule has 0 unspecified atom stereocenters. The van der Waals surface area contributed by atoms with Crippen LogP contribution in [0.15, 0.2) is 43.0 Å². The number of piperidine rings is 2. The molecule has 2 aliphatic heterocycles. The number of likely N-dealkylation sites (tertiary alicyclic amines) is 1. The first-order valence-corrected chi connectivity index (χ1v) is 11.6. The van der Waals surface area contributed by atoms with E-state index in [9.17, 15) is 0 Å². The summed E-state index contributed by atoms with van der Waals surface area (Å²) in [7, 11) is 0. The van der Waals surface area contributed by atoms with Crippen LogP contribution in [0.25, 0.3) is 33.2 Å². The molecule has 0 bridgehead atoms. The van der Waals surface area contributed by atoms with E-state index in [1.807, 2.05) is 24.4 Å². The van der Waals surface area contributed by atoms with Gasteiger partial charge in [0.15, 0.2) is 5.82 Å². The molecule has 4 aromatic heterocycles. The van der Waals surface area contributed by atoms with Crippen molar-refractivity contribution in [3.8, 4) is 11.3 Å². The Hall–Kier alpha value is -3.06. The Balaban J connectivity index is 1.38. The Morgan fingerprint density at radius 2 is 1.81 bits per heavy atom. The molecule has 2 fully saturated rings. The van der Waals surface area contributed by atoms with Crippen LogP contribution in [-0.4, -0.2) is 57.1 Å². The standard InChI is InChI=1S/C25H27FN6/c26-20-15-29-25-23(19-13-21(28-16-22(19)30-25)17-5-4-8-27-14-17)24(20)32-11-6-18(7-12-32)31-9-2-1-3-10-31/h4-5,8,13-16,18H,1-3,6-7,9-12H2,(H,29,30). The van der Waals surface area contributed by atoms with Crippen molar-refractivity contribution in [3.63, 3.8) is 0 Å². The molecular weight excluding hydrogens is 403 g/mol. The zero-order valence-corrected chi connectivity index (χ0v) is 18.1. The highest BCUT2D eigenvalue weighted by atomic mass is 19.1. The summed E-state index contributed by atoms with van der Waals surface area (Å²) >= 11 is 0. The van der Waals surface area contributed by atoms with Crippen molar-refractivity contribution in [1.29, 1.82) is 0 Å². The third kappa shape index (κ3) is 3.41. The largest absolute Gasteiger partial charge is 0.368 e. The van der Waals surface area contributed by atoms with Crippen molar-refractivity contribution in [3.05, 3.63) is 48.8 Å². The van der Waals surface area contributed by atoms with Gasteiger partial charge in [-0.05, 0) is 57.0 Å². The van der Waals surface area contributed by atoms with Gasteiger partial charge >= 0.3 is 0 Å². The van der Waals surface area contributed by atoms with Crippen LogP contribution in [0.1, 0.15) is 32.1 Å². The maximum absolute atomic E-state index is 15.2. The fraction of sp³-hybridized carbons (Fsp3) is 0.400. The molecule has 0 spiro atoms. The maximum Gasteiger partial charge on any atom is 0.165 e. The second-order valence-electron chi connectivity index (χ2n) is 8.98. The number of pyridine rings is 3. The van der Waals surface area contributed by atoms with E-state index in [1.165, 1.54) is 38.5 Å². The van der Waals surface area contributed by atoms with Crippen LogP contribution in [0.3, 0.4) is 0 Å². The summed E-state index contributed by atoms with van der Waals surface area (Å²) in [6, 6.07) is 6.53. The first-order chi connectivity index (χ1) is 15.8. The number of halogens is 1. The number of fused-ring (bicyclic) bond motifs is 3. The van der Waals surface area contributed by atoms with E-state index in [1.54, 1.807) is 12.4 Å². The lowest BCUT2D eigenvalue weighted by Gasteiger charge is -2.41. The van der Waals surface area contributed by atoms with Gasteiger partial charge in [-0.15, -0.1) is 0 Å². The van der Waals surface area contributed by atoms with Gasteiger partial charge in [0.05, 0.1) is 34.7 Å². The molecule has 0 saturated carbocycles. The molecule has 0 aliphatic carbocycles. The van der Waals surface area contributed by atoms with E-state index < -0.39 is 0 Å². The van der Waals surface area contributed by atoms with E-state index in [0.29, 0.717) is 17.4 Å². The zero-order chi connectivity index (χ0) is 21.5. The molecule has 1 N–H and O–H groups in total. The number of hydrogen-bond acceptors (Lipinski definition) is 5. The van der Waals surface area contributed by atoms with Crippen LogP contribution in [-0.2, 0) is 0 Å². The van der Waals surface area contributed by atoms with Gasteiger partial charge in [0.25, 0.3) is 0 Å². The van der Waals surface area contributed by atoms with Gasteiger partial charge < -0.3 is 14.8 Å². The SMILES string of the molecule is Fc1cnc2[nH]c3cnc(-c4cccnc4)cc3c2c1N1CCC(N2CCCCC2)CC1. The summed E-state index contributed by atoms with van der Waals surface area (Å²) < 4.78 is 15.2. The van der Waals surface area contributed by atoms with Gasteiger partial charge in [-0.1, -0.05) is 6.42 Å². The van der Waals surface area contributed by atoms with Crippen LogP contribution in [0.2, 0.25) is 0 Å². The minimum atomic E-state index is -0.255. The fourth-order valence-corrected chi connectivity index (χ4v) is 5.44. The molecule has 4 aromatic rings. The second-order valence-corrected chi connectivity index (χ2v) is 8.98. The average molecular weight is 431 g/mol. The Kier molecular flexibility index (Phi) is 4.98. The lowest BCUT2D eigenvalue weighted by Crippen LogP contribution is -2.47. The molecule has 164 valence electrons. The highest BCUT2D eigenvalue weighted by molar-refractivity contribution is 6.12. The van der Waals surface area contributed by atoms with E-state index >= 15 is 4.39 Å². The van der Waals surface area contributed by atoms with Crippen LogP contribution < -0.4 is 4.90 Å². The number of hydrogen-bond donors (Lipinski definition) is 1. The van der Waals surface area contributed by atoms with Gasteiger partial charge in [-0.25, -0.2) is 9.37 Å². The predicted molar refractivity (Wildman–Crippen MR) is 125 cm³/mol. The normalized spacial score (nSPS) is 18.6. The van der Waals surface area contributed by atoms with Gasteiger partial charge in [-0.3, -0.25) is 9.97 Å². The van der Waals surface area contributed by atoms with Crippen molar-refractivity contribution in [2.24, 2.45) is 0 Å². The third-order valence-corrected chi connectivity index (χ3v) is 7.08. The number of rotatable bonds is 3. The summed E-state index contributed by atoms with van der Waals surface area (Å²) in [6.07, 6.45) is 12.8. The molecule has 2 saturated heterocycles. The third-order valence-electron chi connectivity index (χ3n) is 7.08. The van der Waals surface area contributed by atoms with Crippen molar-refractivity contribution in [1.82, 2.24) is 24.8 Å². The highest BCUT2D eigenvalue weighted by Gasteiger charge is 2.28. The quantitative estimate of drug-likeness (QED) is 0.507. The van der Waals surface area contributed by atoms with E-state index in [-0.39, 0.29) is 5.82 Å². The Labute approximate surface area is 186 Å². The molecule has 0 amide bonds. The zero-order valence-electron chi connectivity index (χ0n) is 18.1. The van der Waals surface area contributed by atoms with Crippen LogP contribution >= 0.6 is 0 Å². The van der Waals surface area contributed by atoms with Crippen LogP contribution in [0.5, 0.6) is 0 Å². The van der Waals surface area contributed by atoms with E-state index in [2.05, 4.69) is 29.7 Å². The van der Waals surface area contributed by atoms with Gasteiger partial charge in [0.2, 0.25) is 0 Å². The topological polar surface area (TPSA) is 60.9 Å². The van der Waals surface area contributed by atoms with Crippen LogP contribution in [0.4, 0.5) is 10.1 Å². The number of aromatic nitrogens is 4. The molecular formula is C25H27FN6. The number of aromatic amines is 1. The number of nitrogens with zero attached hydrogens (tertiary/aromatic N) is 5. The second kappa shape index (κ2) is 8.13. The lowest BCUT2D eigenvalue weighted by molar-refractivity contribution is 0.141. The van der Waals surface area contributed by atoms with Crippen LogP contribution in [0, 0.1) is 5.82 Å².